The highest BCUT2D eigenvalue weighted by Gasteiger charge is 2.37. The van der Waals surface area contributed by atoms with Crippen LogP contribution >= 0.6 is 0 Å². The maximum atomic E-state index is 13.1. The molecular weight excluding hydrogens is 351 g/mol. The number of halogens is 1. The van der Waals surface area contributed by atoms with E-state index in [0.717, 1.165) is 5.56 Å². The fraction of sp³-hybridized carbons (Fsp3) is 0.300. The maximum Gasteiger partial charge on any atom is 0.239 e. The van der Waals surface area contributed by atoms with Crippen LogP contribution in [0.25, 0.3) is 0 Å². The second kappa shape index (κ2) is 8.07. The number of ether oxygens (including phenoxy) is 2. The molecule has 1 aliphatic rings. The van der Waals surface area contributed by atoms with E-state index in [-0.39, 0.29) is 24.2 Å². The van der Waals surface area contributed by atoms with Gasteiger partial charge in [-0.1, -0.05) is 0 Å². The van der Waals surface area contributed by atoms with Crippen molar-refractivity contribution in [3.63, 3.8) is 0 Å². The molecule has 0 aliphatic carbocycles. The highest BCUT2D eigenvalue weighted by atomic mass is 19.1. The van der Waals surface area contributed by atoms with Gasteiger partial charge in [0.05, 0.1) is 14.2 Å². The number of hydrogen-bond donors (Lipinski definition) is 1. The molecule has 2 aromatic carbocycles. The summed E-state index contributed by atoms with van der Waals surface area (Å²) in [5, 5.41) is 2.80. The molecule has 0 bridgehead atoms. The number of anilines is 1. The first kappa shape index (κ1) is 18.7. The van der Waals surface area contributed by atoms with Crippen molar-refractivity contribution in [2.24, 2.45) is 5.92 Å². The fourth-order valence-electron chi connectivity index (χ4n) is 3.13. The molecule has 0 radical (unpaired) electrons. The lowest BCUT2D eigenvalue weighted by Crippen LogP contribution is -2.36. The van der Waals surface area contributed by atoms with Crippen LogP contribution in [0.2, 0.25) is 0 Å². The molecule has 1 atom stereocenters. The minimum atomic E-state index is -0.758. The standard InChI is InChI=1S/C20H21FN2O4/c1-26-16-7-8-18(27-2)13(11-16)12-22-19(24)17-9-10-23(20(17)25)15-5-3-14(21)4-6-15/h3-8,11,17H,9-10,12H2,1-2H3,(H,22,24)/t17-/m0/s1. The quantitative estimate of drug-likeness (QED) is 0.792. The van der Waals surface area contributed by atoms with Crippen LogP contribution < -0.4 is 19.7 Å². The number of benzene rings is 2. The van der Waals surface area contributed by atoms with Crippen LogP contribution in [0.15, 0.2) is 42.5 Å². The van der Waals surface area contributed by atoms with Gasteiger partial charge in [0.1, 0.15) is 23.2 Å². The third kappa shape index (κ3) is 4.02. The second-order valence-electron chi connectivity index (χ2n) is 6.20. The van der Waals surface area contributed by atoms with Crippen molar-refractivity contribution in [1.29, 1.82) is 0 Å². The number of hydrogen-bond acceptors (Lipinski definition) is 4. The maximum absolute atomic E-state index is 13.1. The second-order valence-corrected chi connectivity index (χ2v) is 6.20. The normalized spacial score (nSPS) is 16.3. The zero-order valence-corrected chi connectivity index (χ0v) is 15.2. The van der Waals surface area contributed by atoms with Crippen LogP contribution in [0, 0.1) is 11.7 Å². The van der Waals surface area contributed by atoms with Gasteiger partial charge in [0.15, 0.2) is 0 Å². The summed E-state index contributed by atoms with van der Waals surface area (Å²) in [6, 6.07) is 11.0. The van der Waals surface area contributed by atoms with Gasteiger partial charge < -0.3 is 19.7 Å². The lowest BCUT2D eigenvalue weighted by molar-refractivity contribution is -0.132. The van der Waals surface area contributed by atoms with Crippen LogP contribution in [-0.2, 0) is 16.1 Å². The Balaban J connectivity index is 1.65. The molecule has 142 valence electrons. The van der Waals surface area contributed by atoms with Crippen LogP contribution in [0.5, 0.6) is 11.5 Å². The van der Waals surface area contributed by atoms with Crippen molar-refractivity contribution in [1.82, 2.24) is 5.32 Å². The number of rotatable bonds is 6. The molecule has 6 nitrogen and oxygen atoms in total. The summed E-state index contributed by atoms with van der Waals surface area (Å²) in [4.78, 5) is 26.6. The van der Waals surface area contributed by atoms with E-state index in [1.807, 2.05) is 0 Å². The number of nitrogens with zero attached hydrogens (tertiary/aromatic N) is 1. The molecule has 0 saturated carbocycles. The van der Waals surface area contributed by atoms with Gasteiger partial charge in [-0.25, -0.2) is 4.39 Å². The summed E-state index contributed by atoms with van der Waals surface area (Å²) in [5.74, 6) is -0.467. The Morgan fingerprint density at radius 2 is 1.93 bits per heavy atom. The van der Waals surface area contributed by atoms with Crippen molar-refractivity contribution in [2.75, 3.05) is 25.7 Å². The summed E-state index contributed by atoms with van der Waals surface area (Å²) in [6.07, 6.45) is 0.414. The smallest absolute Gasteiger partial charge is 0.239 e. The number of methoxy groups -OCH3 is 2. The Kier molecular flexibility index (Phi) is 5.59. The number of amides is 2. The monoisotopic (exact) mass is 372 g/mol. The van der Waals surface area contributed by atoms with Crippen molar-refractivity contribution in [3.05, 3.63) is 53.8 Å². The lowest BCUT2D eigenvalue weighted by Gasteiger charge is -2.17. The molecule has 1 heterocycles. The summed E-state index contributed by atoms with van der Waals surface area (Å²) >= 11 is 0. The molecule has 1 fully saturated rings. The average Bonchev–Trinajstić information content (AvgIpc) is 3.08. The Morgan fingerprint density at radius 1 is 1.19 bits per heavy atom. The highest BCUT2D eigenvalue weighted by molar-refractivity contribution is 6.09. The molecule has 2 amide bonds. The van der Waals surface area contributed by atoms with Gasteiger partial charge in [0.25, 0.3) is 0 Å². The van der Waals surface area contributed by atoms with E-state index >= 15 is 0 Å². The van der Waals surface area contributed by atoms with E-state index in [1.54, 1.807) is 32.4 Å². The molecule has 0 aromatic heterocycles. The third-order valence-corrected chi connectivity index (χ3v) is 4.60. The first-order chi connectivity index (χ1) is 13.0. The topological polar surface area (TPSA) is 67.9 Å². The van der Waals surface area contributed by atoms with Crippen LogP contribution in [0.3, 0.4) is 0 Å². The Labute approximate surface area is 156 Å². The Hall–Kier alpha value is -3.09. The van der Waals surface area contributed by atoms with Crippen molar-refractivity contribution in [3.8, 4) is 11.5 Å². The number of carbonyl (C=O) groups excluding carboxylic acids is 2. The summed E-state index contributed by atoms with van der Waals surface area (Å²) in [6.45, 7) is 0.643. The van der Waals surface area contributed by atoms with Gasteiger partial charge in [-0.05, 0) is 48.9 Å². The summed E-state index contributed by atoms with van der Waals surface area (Å²) < 4.78 is 23.6. The minimum absolute atomic E-state index is 0.222. The molecular formula is C20H21FN2O4. The Bertz CT molecular complexity index is 838. The van der Waals surface area contributed by atoms with Crippen molar-refractivity contribution < 1.29 is 23.5 Å². The predicted octanol–water partition coefficient (Wildman–Crippen LogP) is 2.51. The largest absolute Gasteiger partial charge is 0.497 e. The van der Waals surface area contributed by atoms with Gasteiger partial charge in [-0.15, -0.1) is 0 Å². The van der Waals surface area contributed by atoms with Crippen LogP contribution in [-0.4, -0.2) is 32.6 Å². The Morgan fingerprint density at radius 3 is 2.59 bits per heavy atom. The van der Waals surface area contributed by atoms with E-state index < -0.39 is 5.92 Å². The van der Waals surface area contributed by atoms with Gasteiger partial charge in [0.2, 0.25) is 11.8 Å². The summed E-state index contributed by atoms with van der Waals surface area (Å²) in [5.41, 5.74) is 1.34. The van der Waals surface area contributed by atoms with Gasteiger partial charge in [-0.2, -0.15) is 0 Å². The van der Waals surface area contributed by atoms with E-state index in [9.17, 15) is 14.0 Å². The number of carbonyl (C=O) groups is 2. The zero-order chi connectivity index (χ0) is 19.4. The fourth-order valence-corrected chi connectivity index (χ4v) is 3.13. The summed E-state index contributed by atoms with van der Waals surface area (Å²) in [7, 11) is 3.11. The minimum Gasteiger partial charge on any atom is -0.497 e. The first-order valence-corrected chi connectivity index (χ1v) is 8.59. The van der Waals surface area contributed by atoms with E-state index in [4.69, 9.17) is 9.47 Å². The van der Waals surface area contributed by atoms with Gasteiger partial charge in [-0.3, -0.25) is 9.59 Å². The number of nitrogens with one attached hydrogen (secondary N) is 1. The molecule has 0 spiro atoms. The van der Waals surface area contributed by atoms with Crippen molar-refractivity contribution in [2.45, 2.75) is 13.0 Å². The third-order valence-electron chi connectivity index (χ3n) is 4.60. The van der Waals surface area contributed by atoms with Gasteiger partial charge in [0, 0.05) is 24.3 Å². The van der Waals surface area contributed by atoms with Crippen LogP contribution in [0.1, 0.15) is 12.0 Å². The van der Waals surface area contributed by atoms with E-state index in [0.29, 0.717) is 30.2 Å². The van der Waals surface area contributed by atoms with E-state index in [2.05, 4.69) is 5.32 Å². The molecule has 1 N–H and O–H groups in total. The highest BCUT2D eigenvalue weighted by Crippen LogP contribution is 2.27. The molecule has 1 saturated heterocycles. The molecule has 27 heavy (non-hydrogen) atoms. The van der Waals surface area contributed by atoms with Crippen LogP contribution in [0.4, 0.5) is 10.1 Å². The first-order valence-electron chi connectivity index (χ1n) is 8.59. The molecule has 1 aliphatic heterocycles. The molecule has 2 aromatic rings. The molecule has 3 rings (SSSR count). The zero-order valence-electron chi connectivity index (χ0n) is 15.2. The SMILES string of the molecule is COc1ccc(OC)c(CNC(=O)[C@@H]2CCN(c3ccc(F)cc3)C2=O)c1. The lowest BCUT2D eigenvalue weighted by atomic mass is 10.1. The average molecular weight is 372 g/mol. The molecule has 7 heteroatoms. The molecule has 0 unspecified atom stereocenters. The van der Waals surface area contributed by atoms with Gasteiger partial charge >= 0.3 is 0 Å². The predicted molar refractivity (Wildman–Crippen MR) is 98.3 cm³/mol. The van der Waals surface area contributed by atoms with Crippen molar-refractivity contribution >= 4 is 17.5 Å². The van der Waals surface area contributed by atoms with E-state index in [1.165, 1.54) is 29.2 Å².